The lowest BCUT2D eigenvalue weighted by Gasteiger charge is -2.37. The zero-order valence-corrected chi connectivity index (χ0v) is 12.9. The Kier molecular flexibility index (Phi) is 6.32. The molecule has 0 spiro atoms. The van der Waals surface area contributed by atoms with Crippen molar-refractivity contribution in [2.75, 3.05) is 27.2 Å². The van der Waals surface area contributed by atoms with Crippen molar-refractivity contribution in [3.05, 3.63) is 29.8 Å². The third kappa shape index (κ3) is 4.22. The Labute approximate surface area is 117 Å². The first kappa shape index (κ1) is 16.0. The molecule has 0 aliphatic rings. The lowest BCUT2D eigenvalue weighted by molar-refractivity contribution is 0.122. The van der Waals surface area contributed by atoms with Crippen LogP contribution in [-0.2, 0) is 0 Å². The van der Waals surface area contributed by atoms with Crippen LogP contribution in [-0.4, -0.2) is 48.1 Å². The number of nitrogens with zero attached hydrogens (tertiary/aromatic N) is 2. The number of para-hydroxylation sites is 1. The van der Waals surface area contributed by atoms with Gasteiger partial charge in [-0.1, -0.05) is 32.0 Å². The minimum absolute atomic E-state index is 0.279. The number of benzene rings is 1. The van der Waals surface area contributed by atoms with E-state index in [2.05, 4.69) is 44.7 Å². The molecule has 0 saturated carbocycles. The lowest BCUT2D eigenvalue weighted by atomic mass is 10.00. The molecule has 0 aliphatic carbocycles. The second-order valence-corrected chi connectivity index (χ2v) is 5.42. The Balaban J connectivity index is 2.96. The molecule has 0 aliphatic heterocycles. The first-order valence-corrected chi connectivity index (χ1v) is 7.19. The van der Waals surface area contributed by atoms with Gasteiger partial charge in [-0.2, -0.15) is 0 Å². The van der Waals surface area contributed by atoms with Crippen molar-refractivity contribution < 1.29 is 5.11 Å². The Morgan fingerprint density at radius 3 is 2.26 bits per heavy atom. The molecule has 108 valence electrons. The van der Waals surface area contributed by atoms with Crippen molar-refractivity contribution in [2.24, 2.45) is 0 Å². The Hall–Kier alpha value is -1.06. The van der Waals surface area contributed by atoms with Crippen LogP contribution in [0.1, 0.15) is 38.8 Å². The minimum Gasteiger partial charge on any atom is -0.508 e. The summed E-state index contributed by atoms with van der Waals surface area (Å²) in [5.74, 6) is 0.407. The summed E-state index contributed by atoms with van der Waals surface area (Å²) >= 11 is 0. The molecule has 0 radical (unpaired) electrons. The molecule has 1 aromatic rings. The van der Waals surface area contributed by atoms with Gasteiger partial charge in [0.1, 0.15) is 5.75 Å². The van der Waals surface area contributed by atoms with Crippen molar-refractivity contribution in [1.82, 2.24) is 9.80 Å². The number of aromatic hydroxyl groups is 1. The molecule has 3 nitrogen and oxygen atoms in total. The van der Waals surface area contributed by atoms with E-state index in [1.165, 1.54) is 0 Å². The number of hydrogen-bond donors (Lipinski definition) is 1. The highest BCUT2D eigenvalue weighted by atomic mass is 16.3. The van der Waals surface area contributed by atoms with E-state index < -0.39 is 0 Å². The van der Waals surface area contributed by atoms with E-state index in [0.717, 1.165) is 25.1 Å². The fourth-order valence-corrected chi connectivity index (χ4v) is 2.87. The van der Waals surface area contributed by atoms with Gasteiger partial charge in [0.15, 0.2) is 0 Å². The quantitative estimate of drug-likeness (QED) is 0.819. The summed E-state index contributed by atoms with van der Waals surface area (Å²) in [6, 6.07) is 8.44. The highest BCUT2D eigenvalue weighted by Crippen LogP contribution is 2.32. The molecular weight excluding hydrogens is 236 g/mol. The Bertz CT molecular complexity index is 379. The maximum Gasteiger partial charge on any atom is 0.120 e. The number of likely N-dealkylation sites (N-methyl/N-ethyl adjacent to an activating group) is 2. The molecule has 2 unspecified atom stereocenters. The predicted octanol–water partition coefficient (Wildman–Crippen LogP) is 3.12. The topological polar surface area (TPSA) is 26.7 Å². The van der Waals surface area contributed by atoms with Crippen LogP contribution in [0.25, 0.3) is 0 Å². The fourth-order valence-electron chi connectivity index (χ4n) is 2.87. The molecular formula is C16H28N2O. The van der Waals surface area contributed by atoms with Crippen LogP contribution >= 0.6 is 0 Å². The van der Waals surface area contributed by atoms with Crippen molar-refractivity contribution in [3.8, 4) is 5.75 Å². The highest BCUT2D eigenvalue weighted by Gasteiger charge is 2.24. The fraction of sp³-hybridized carbons (Fsp3) is 0.625. The molecule has 0 aromatic heterocycles. The molecule has 0 saturated heterocycles. The lowest BCUT2D eigenvalue weighted by Crippen LogP contribution is -2.42. The van der Waals surface area contributed by atoms with Gasteiger partial charge in [0.2, 0.25) is 0 Å². The van der Waals surface area contributed by atoms with E-state index >= 15 is 0 Å². The molecule has 1 N–H and O–H groups in total. The standard InChI is InChI=1S/C16H28N2O/c1-6-15(14-10-8-9-11-16(14)19)18(7-2)13(3)12-17(4)5/h8-11,13,15,19H,6-7,12H2,1-5H3. The first-order valence-electron chi connectivity index (χ1n) is 7.19. The number of rotatable bonds is 7. The number of hydrogen-bond acceptors (Lipinski definition) is 3. The summed E-state index contributed by atoms with van der Waals surface area (Å²) in [5.41, 5.74) is 1.04. The van der Waals surface area contributed by atoms with Gasteiger partial charge in [-0.05, 0) is 40.1 Å². The van der Waals surface area contributed by atoms with E-state index in [1.807, 2.05) is 18.2 Å². The van der Waals surface area contributed by atoms with E-state index in [4.69, 9.17) is 0 Å². The van der Waals surface area contributed by atoms with Crippen molar-refractivity contribution in [3.63, 3.8) is 0 Å². The Morgan fingerprint density at radius 2 is 1.79 bits per heavy atom. The number of phenolic OH excluding ortho intramolecular Hbond substituents is 1. The summed E-state index contributed by atoms with van der Waals surface area (Å²) in [7, 11) is 4.20. The molecule has 1 rings (SSSR count). The van der Waals surface area contributed by atoms with Gasteiger partial charge in [0.25, 0.3) is 0 Å². The largest absolute Gasteiger partial charge is 0.508 e. The van der Waals surface area contributed by atoms with Gasteiger partial charge in [0, 0.05) is 24.2 Å². The normalized spacial score (nSPS) is 14.9. The highest BCUT2D eigenvalue weighted by molar-refractivity contribution is 5.34. The second kappa shape index (κ2) is 7.51. The smallest absolute Gasteiger partial charge is 0.120 e. The summed E-state index contributed by atoms with van der Waals surface area (Å²) in [6.07, 6.45) is 1.00. The van der Waals surface area contributed by atoms with Crippen LogP contribution in [0.4, 0.5) is 0 Å². The van der Waals surface area contributed by atoms with Gasteiger partial charge in [-0.15, -0.1) is 0 Å². The maximum absolute atomic E-state index is 10.1. The average molecular weight is 264 g/mol. The van der Waals surface area contributed by atoms with Gasteiger partial charge in [-0.3, -0.25) is 4.90 Å². The van der Waals surface area contributed by atoms with E-state index in [0.29, 0.717) is 11.8 Å². The molecule has 0 amide bonds. The summed E-state index contributed by atoms with van der Waals surface area (Å²) < 4.78 is 0. The maximum atomic E-state index is 10.1. The molecule has 2 atom stereocenters. The summed E-state index contributed by atoms with van der Waals surface area (Å²) in [6.45, 7) is 8.64. The molecule has 0 fully saturated rings. The third-order valence-electron chi connectivity index (χ3n) is 3.64. The second-order valence-electron chi connectivity index (χ2n) is 5.42. The molecule has 1 aromatic carbocycles. The monoisotopic (exact) mass is 264 g/mol. The van der Waals surface area contributed by atoms with E-state index in [9.17, 15) is 5.11 Å². The molecule has 3 heteroatoms. The van der Waals surface area contributed by atoms with Crippen LogP contribution in [0.2, 0.25) is 0 Å². The van der Waals surface area contributed by atoms with Crippen molar-refractivity contribution in [1.29, 1.82) is 0 Å². The zero-order valence-electron chi connectivity index (χ0n) is 12.9. The number of phenols is 1. The van der Waals surface area contributed by atoms with E-state index in [1.54, 1.807) is 6.07 Å². The van der Waals surface area contributed by atoms with Gasteiger partial charge in [-0.25, -0.2) is 0 Å². The van der Waals surface area contributed by atoms with Crippen LogP contribution in [0.5, 0.6) is 5.75 Å². The van der Waals surface area contributed by atoms with Crippen molar-refractivity contribution >= 4 is 0 Å². The summed E-state index contributed by atoms with van der Waals surface area (Å²) in [4.78, 5) is 4.68. The van der Waals surface area contributed by atoms with Gasteiger partial charge in [0.05, 0.1) is 0 Å². The third-order valence-corrected chi connectivity index (χ3v) is 3.64. The van der Waals surface area contributed by atoms with Crippen LogP contribution < -0.4 is 0 Å². The predicted molar refractivity (Wildman–Crippen MR) is 81.5 cm³/mol. The average Bonchev–Trinajstić information content (AvgIpc) is 2.36. The van der Waals surface area contributed by atoms with Crippen molar-refractivity contribution in [2.45, 2.75) is 39.3 Å². The van der Waals surface area contributed by atoms with Crippen LogP contribution in [0, 0.1) is 0 Å². The Morgan fingerprint density at radius 1 is 1.16 bits per heavy atom. The first-order chi connectivity index (χ1) is 9.01. The van der Waals surface area contributed by atoms with Gasteiger partial charge < -0.3 is 10.0 Å². The molecule has 0 heterocycles. The van der Waals surface area contributed by atoms with E-state index in [-0.39, 0.29) is 6.04 Å². The minimum atomic E-state index is 0.279. The van der Waals surface area contributed by atoms with Crippen LogP contribution in [0.3, 0.4) is 0 Å². The zero-order chi connectivity index (χ0) is 14.4. The molecule has 19 heavy (non-hydrogen) atoms. The molecule has 0 bridgehead atoms. The van der Waals surface area contributed by atoms with Crippen LogP contribution in [0.15, 0.2) is 24.3 Å². The van der Waals surface area contributed by atoms with Gasteiger partial charge >= 0.3 is 0 Å². The SMILES string of the molecule is CCC(c1ccccc1O)N(CC)C(C)CN(C)C. The summed E-state index contributed by atoms with van der Waals surface area (Å²) in [5, 5.41) is 10.1.